The summed E-state index contributed by atoms with van der Waals surface area (Å²) in [4.78, 5) is 3.95. The van der Waals surface area contributed by atoms with Crippen LogP contribution in [0.2, 0.25) is 5.02 Å². The maximum absolute atomic E-state index is 12.4. The topological polar surface area (TPSA) is 50.4 Å². The molecule has 0 atom stereocenters. The van der Waals surface area contributed by atoms with Crippen molar-refractivity contribution in [3.05, 3.63) is 28.8 Å². The number of nitrogens with zero attached hydrogens (tertiary/aromatic N) is 1. The highest BCUT2D eigenvalue weighted by molar-refractivity contribution is 6.33. The summed E-state index contributed by atoms with van der Waals surface area (Å²) in [6.45, 7) is 2.47. The minimum absolute atomic E-state index is 0.0560. The molecule has 0 spiro atoms. The molecule has 18 heavy (non-hydrogen) atoms. The van der Waals surface area contributed by atoms with Crippen molar-refractivity contribution in [2.45, 2.75) is 19.5 Å². The molecule has 0 saturated carbocycles. The summed E-state index contributed by atoms with van der Waals surface area (Å²) in [5.74, 6) is 0.124. The Hall–Kier alpha value is -1.43. The lowest BCUT2D eigenvalue weighted by molar-refractivity contribution is -0.137. The second-order valence-corrected chi connectivity index (χ2v) is 3.99. The van der Waals surface area contributed by atoms with E-state index < -0.39 is 11.7 Å². The summed E-state index contributed by atoms with van der Waals surface area (Å²) in [5.41, 5.74) is 5.03. The summed E-state index contributed by atoms with van der Waals surface area (Å²) in [6.07, 6.45) is -3.59. The normalized spacial score (nSPS) is 12.6. The number of benzene rings is 1. The number of hydrogen-bond donors (Lipinski definition) is 2. The Kier molecular flexibility index (Phi) is 4.84. The molecule has 3 nitrogen and oxygen atoms in total. The summed E-state index contributed by atoms with van der Waals surface area (Å²) >= 11 is 5.74. The van der Waals surface area contributed by atoms with Gasteiger partial charge in [-0.15, -0.1) is 0 Å². The number of anilines is 1. The molecule has 0 radical (unpaired) electrons. The predicted molar refractivity (Wildman–Crippen MR) is 66.9 cm³/mol. The second kappa shape index (κ2) is 5.95. The maximum atomic E-state index is 12.4. The molecule has 7 heteroatoms. The standard InChI is InChI=1S/C11H13ClF3N3/c1-2-5-17-10(16)18-9-4-3-7(6-8(9)12)11(13,14)15/h3-4,6H,2,5H2,1H3,(H3,16,17,18). The Morgan fingerprint density at radius 1 is 1.44 bits per heavy atom. The van der Waals surface area contributed by atoms with Gasteiger partial charge in [0, 0.05) is 6.54 Å². The monoisotopic (exact) mass is 279 g/mol. The van der Waals surface area contributed by atoms with E-state index in [-0.39, 0.29) is 11.0 Å². The number of nitrogens with two attached hydrogens (primary N) is 1. The molecule has 0 aliphatic carbocycles. The first-order chi connectivity index (χ1) is 8.34. The van der Waals surface area contributed by atoms with Gasteiger partial charge in [-0.05, 0) is 24.6 Å². The molecule has 3 N–H and O–H groups in total. The average molecular weight is 280 g/mol. The van der Waals surface area contributed by atoms with E-state index in [1.54, 1.807) is 0 Å². The number of nitrogens with one attached hydrogen (secondary N) is 1. The maximum Gasteiger partial charge on any atom is 0.416 e. The Balaban J connectivity index is 2.87. The third kappa shape index (κ3) is 4.10. The third-order valence-electron chi connectivity index (χ3n) is 2.06. The first-order valence-corrected chi connectivity index (χ1v) is 5.66. The van der Waals surface area contributed by atoms with Crippen LogP contribution in [0.3, 0.4) is 0 Å². The minimum atomic E-state index is -4.41. The molecule has 0 aromatic heterocycles. The van der Waals surface area contributed by atoms with Crippen molar-refractivity contribution >= 4 is 23.2 Å². The highest BCUT2D eigenvalue weighted by atomic mass is 35.5. The number of alkyl halides is 3. The van der Waals surface area contributed by atoms with Crippen molar-refractivity contribution < 1.29 is 13.2 Å². The van der Waals surface area contributed by atoms with Gasteiger partial charge in [0.25, 0.3) is 0 Å². The highest BCUT2D eigenvalue weighted by Gasteiger charge is 2.30. The third-order valence-corrected chi connectivity index (χ3v) is 2.38. The first kappa shape index (κ1) is 14.6. The SMILES string of the molecule is CCCN=C(N)Nc1ccc(C(F)(F)F)cc1Cl. The Bertz CT molecular complexity index is 444. The summed E-state index contributed by atoms with van der Waals surface area (Å²) in [6, 6.07) is 3.00. The Morgan fingerprint density at radius 3 is 2.61 bits per heavy atom. The molecule has 0 saturated heterocycles. The molecule has 0 unspecified atom stereocenters. The van der Waals surface area contributed by atoms with Gasteiger partial charge >= 0.3 is 6.18 Å². The number of aliphatic imine (C=N–C) groups is 1. The number of hydrogen-bond acceptors (Lipinski definition) is 1. The van der Waals surface area contributed by atoms with Crippen LogP contribution in [0, 0.1) is 0 Å². The molecule has 0 heterocycles. The van der Waals surface area contributed by atoms with Crippen LogP contribution in [0.1, 0.15) is 18.9 Å². The molecule has 1 aromatic rings. The van der Waals surface area contributed by atoms with Crippen LogP contribution in [0.5, 0.6) is 0 Å². The molecule has 1 rings (SSSR count). The van der Waals surface area contributed by atoms with E-state index in [9.17, 15) is 13.2 Å². The zero-order valence-electron chi connectivity index (χ0n) is 9.68. The van der Waals surface area contributed by atoms with Gasteiger partial charge in [0.2, 0.25) is 0 Å². The summed E-state index contributed by atoms with van der Waals surface area (Å²) in [5, 5.41) is 2.60. The van der Waals surface area contributed by atoms with Gasteiger partial charge in [-0.2, -0.15) is 13.2 Å². The number of halogens is 4. The molecule has 0 fully saturated rings. The molecule has 0 aliphatic rings. The van der Waals surface area contributed by atoms with Gasteiger partial charge in [-0.1, -0.05) is 18.5 Å². The van der Waals surface area contributed by atoms with Crippen LogP contribution in [0.4, 0.5) is 18.9 Å². The molecule has 0 amide bonds. The van der Waals surface area contributed by atoms with E-state index in [1.807, 2.05) is 6.92 Å². The van der Waals surface area contributed by atoms with Crippen LogP contribution in [0.15, 0.2) is 23.2 Å². The lowest BCUT2D eigenvalue weighted by Crippen LogP contribution is -2.23. The van der Waals surface area contributed by atoms with Gasteiger partial charge in [0.1, 0.15) is 0 Å². The van der Waals surface area contributed by atoms with E-state index >= 15 is 0 Å². The molecular weight excluding hydrogens is 267 g/mol. The van der Waals surface area contributed by atoms with Crippen LogP contribution in [-0.2, 0) is 6.18 Å². The van der Waals surface area contributed by atoms with Crippen LogP contribution < -0.4 is 11.1 Å². The highest BCUT2D eigenvalue weighted by Crippen LogP contribution is 2.33. The van der Waals surface area contributed by atoms with Crippen molar-refractivity contribution in [1.29, 1.82) is 0 Å². The zero-order valence-corrected chi connectivity index (χ0v) is 10.4. The van der Waals surface area contributed by atoms with E-state index in [0.717, 1.165) is 18.6 Å². The van der Waals surface area contributed by atoms with Crippen molar-refractivity contribution in [1.82, 2.24) is 0 Å². The summed E-state index contributed by atoms with van der Waals surface area (Å²) in [7, 11) is 0. The minimum Gasteiger partial charge on any atom is -0.370 e. The lowest BCUT2D eigenvalue weighted by Gasteiger charge is -2.11. The predicted octanol–water partition coefficient (Wildman–Crippen LogP) is 3.50. The molecule has 0 aliphatic heterocycles. The first-order valence-electron chi connectivity index (χ1n) is 5.28. The van der Waals surface area contributed by atoms with Crippen molar-refractivity contribution in [3.63, 3.8) is 0 Å². The van der Waals surface area contributed by atoms with Crippen molar-refractivity contribution in [2.24, 2.45) is 10.7 Å². The number of rotatable bonds is 3. The van der Waals surface area contributed by atoms with Crippen molar-refractivity contribution in [2.75, 3.05) is 11.9 Å². The molecule has 0 bridgehead atoms. The van der Waals surface area contributed by atoms with E-state index in [4.69, 9.17) is 17.3 Å². The largest absolute Gasteiger partial charge is 0.416 e. The van der Waals surface area contributed by atoms with Gasteiger partial charge in [0.05, 0.1) is 16.3 Å². The van der Waals surface area contributed by atoms with E-state index in [2.05, 4.69) is 10.3 Å². The fourth-order valence-corrected chi connectivity index (χ4v) is 1.43. The van der Waals surface area contributed by atoms with Crippen LogP contribution in [-0.4, -0.2) is 12.5 Å². The van der Waals surface area contributed by atoms with Crippen LogP contribution >= 0.6 is 11.6 Å². The molecule has 100 valence electrons. The second-order valence-electron chi connectivity index (χ2n) is 3.58. The van der Waals surface area contributed by atoms with Crippen LogP contribution in [0.25, 0.3) is 0 Å². The Labute approximate surface area is 108 Å². The van der Waals surface area contributed by atoms with Gasteiger partial charge in [-0.3, -0.25) is 4.99 Å². The Morgan fingerprint density at radius 2 is 2.11 bits per heavy atom. The van der Waals surface area contributed by atoms with Gasteiger partial charge < -0.3 is 11.1 Å². The summed E-state index contributed by atoms with van der Waals surface area (Å²) < 4.78 is 37.2. The van der Waals surface area contributed by atoms with Crippen molar-refractivity contribution in [3.8, 4) is 0 Å². The fraction of sp³-hybridized carbons (Fsp3) is 0.364. The average Bonchev–Trinajstić information content (AvgIpc) is 2.27. The molecular formula is C11H13ClF3N3. The van der Waals surface area contributed by atoms with E-state index in [0.29, 0.717) is 12.2 Å². The fourth-order valence-electron chi connectivity index (χ4n) is 1.20. The van der Waals surface area contributed by atoms with Gasteiger partial charge in [-0.25, -0.2) is 0 Å². The van der Waals surface area contributed by atoms with E-state index in [1.165, 1.54) is 6.07 Å². The smallest absolute Gasteiger partial charge is 0.370 e. The molecule has 1 aromatic carbocycles. The zero-order chi connectivity index (χ0) is 13.8. The number of guanidine groups is 1. The lowest BCUT2D eigenvalue weighted by atomic mass is 10.2. The quantitative estimate of drug-likeness (QED) is 0.657. The van der Waals surface area contributed by atoms with Gasteiger partial charge in [0.15, 0.2) is 5.96 Å².